The number of fused-ring (bicyclic) bond motifs is 1. The Bertz CT molecular complexity index is 1170. The van der Waals surface area contributed by atoms with E-state index in [4.69, 9.17) is 0 Å². The van der Waals surface area contributed by atoms with Gasteiger partial charge in [-0.2, -0.15) is 4.99 Å². The number of amides is 1. The molecule has 5 nitrogen and oxygen atoms in total. The fourth-order valence-electron chi connectivity index (χ4n) is 3.16. The van der Waals surface area contributed by atoms with E-state index < -0.39 is 9.84 Å². The Balaban J connectivity index is 1.76. The van der Waals surface area contributed by atoms with E-state index in [9.17, 15) is 13.2 Å². The summed E-state index contributed by atoms with van der Waals surface area (Å²) in [7, 11) is -3.37. The van der Waals surface area contributed by atoms with Gasteiger partial charge in [-0.25, -0.2) is 8.42 Å². The molecule has 3 aromatic rings. The Kier molecular flexibility index (Phi) is 6.70. The molecule has 154 valence electrons. The molecule has 1 heterocycles. The molecule has 0 saturated heterocycles. The summed E-state index contributed by atoms with van der Waals surface area (Å²) in [5.41, 5.74) is 2.33. The van der Waals surface area contributed by atoms with Crippen LogP contribution in [0.15, 0.2) is 58.4 Å². The average molecular weight is 431 g/mol. The molecule has 0 saturated carbocycles. The molecule has 0 aliphatic heterocycles. The largest absolute Gasteiger partial charge is 0.317 e. The fourth-order valence-corrected chi connectivity index (χ4v) is 5.65. The van der Waals surface area contributed by atoms with Gasteiger partial charge in [0.05, 0.1) is 20.9 Å². The maximum absolute atomic E-state index is 12.4. The van der Waals surface area contributed by atoms with E-state index >= 15 is 0 Å². The maximum atomic E-state index is 12.4. The van der Waals surface area contributed by atoms with E-state index in [1.165, 1.54) is 16.9 Å². The van der Waals surface area contributed by atoms with Crippen molar-refractivity contribution in [2.24, 2.45) is 4.99 Å². The lowest BCUT2D eigenvalue weighted by Crippen LogP contribution is -2.16. The van der Waals surface area contributed by atoms with Gasteiger partial charge in [0.15, 0.2) is 14.6 Å². The summed E-state index contributed by atoms with van der Waals surface area (Å²) >= 11 is 1.50. The number of rotatable bonds is 7. The molecule has 2 aromatic carbocycles. The average Bonchev–Trinajstić information content (AvgIpc) is 3.04. The van der Waals surface area contributed by atoms with Crippen LogP contribution < -0.4 is 4.80 Å². The number of benzene rings is 2. The lowest BCUT2D eigenvalue weighted by Gasteiger charge is -2.05. The maximum Gasteiger partial charge on any atom is 0.248 e. The van der Waals surface area contributed by atoms with Crippen molar-refractivity contribution in [3.8, 4) is 0 Å². The minimum atomic E-state index is -3.37. The number of hydrogen-bond acceptors (Lipinski definition) is 4. The monoisotopic (exact) mass is 430 g/mol. The van der Waals surface area contributed by atoms with Crippen LogP contribution in [0.5, 0.6) is 0 Å². The normalized spacial score (nSPS) is 12.8. The van der Waals surface area contributed by atoms with Crippen LogP contribution in [0.25, 0.3) is 10.2 Å². The van der Waals surface area contributed by atoms with Crippen molar-refractivity contribution in [1.29, 1.82) is 0 Å². The number of carbonyl (C=O) groups excluding carboxylic acids is 1. The van der Waals surface area contributed by atoms with Crippen LogP contribution in [-0.4, -0.2) is 24.6 Å². The van der Waals surface area contributed by atoms with Crippen LogP contribution in [-0.2, 0) is 21.2 Å². The Hall–Kier alpha value is -2.25. The Morgan fingerprint density at radius 2 is 1.86 bits per heavy atom. The molecule has 0 N–H and O–H groups in total. The Morgan fingerprint density at radius 1 is 1.14 bits per heavy atom. The van der Waals surface area contributed by atoms with Gasteiger partial charge in [-0.05, 0) is 49.1 Å². The third-order valence-corrected chi connectivity index (χ3v) is 7.67. The lowest BCUT2D eigenvalue weighted by molar-refractivity contribution is -0.118. The molecule has 0 fully saturated rings. The standard InChI is InChI=1S/C22H26N2O3S2/c1-4-24-19-13-12-17(16(2)3)15-20(19)28-22(24)23-21(25)11-8-14-29(26,27)18-9-6-5-7-10-18/h5-7,9-10,12-13,15-16H,4,8,11,14H2,1-3H3. The van der Waals surface area contributed by atoms with Crippen LogP contribution >= 0.6 is 11.3 Å². The van der Waals surface area contributed by atoms with E-state index in [1.54, 1.807) is 30.3 Å². The molecule has 29 heavy (non-hydrogen) atoms. The van der Waals surface area contributed by atoms with E-state index in [0.717, 1.165) is 16.8 Å². The highest BCUT2D eigenvalue weighted by molar-refractivity contribution is 7.91. The summed E-state index contributed by atoms with van der Waals surface area (Å²) in [6, 6.07) is 14.7. The Labute approximate surface area is 175 Å². The number of thiazole rings is 1. The summed E-state index contributed by atoms with van der Waals surface area (Å²) < 4.78 is 27.8. The van der Waals surface area contributed by atoms with Gasteiger partial charge < -0.3 is 4.57 Å². The predicted octanol–water partition coefficient (Wildman–Crippen LogP) is 4.53. The van der Waals surface area contributed by atoms with Crippen molar-refractivity contribution in [2.45, 2.75) is 51.0 Å². The van der Waals surface area contributed by atoms with Crippen molar-refractivity contribution in [2.75, 3.05) is 5.75 Å². The van der Waals surface area contributed by atoms with Gasteiger partial charge in [0.2, 0.25) is 5.91 Å². The van der Waals surface area contributed by atoms with Crippen molar-refractivity contribution < 1.29 is 13.2 Å². The second-order valence-corrected chi connectivity index (χ2v) is 10.4. The van der Waals surface area contributed by atoms with E-state index in [-0.39, 0.29) is 24.5 Å². The molecule has 0 radical (unpaired) electrons. The minimum absolute atomic E-state index is 0.0593. The van der Waals surface area contributed by atoms with Crippen LogP contribution in [0.1, 0.15) is 45.1 Å². The zero-order chi connectivity index (χ0) is 21.0. The Morgan fingerprint density at radius 3 is 2.52 bits per heavy atom. The molecule has 1 amide bonds. The highest BCUT2D eigenvalue weighted by Gasteiger charge is 2.15. The highest BCUT2D eigenvalue weighted by atomic mass is 32.2. The van der Waals surface area contributed by atoms with E-state index in [0.29, 0.717) is 15.6 Å². The fraction of sp³-hybridized carbons (Fsp3) is 0.364. The quantitative estimate of drug-likeness (QED) is 0.553. The summed E-state index contributed by atoms with van der Waals surface area (Å²) in [5, 5.41) is 0. The second kappa shape index (κ2) is 9.05. The van der Waals surface area contributed by atoms with Gasteiger partial charge in [0, 0.05) is 13.0 Å². The molecule has 0 aliphatic rings. The van der Waals surface area contributed by atoms with Gasteiger partial charge in [0.25, 0.3) is 0 Å². The van der Waals surface area contributed by atoms with Crippen LogP contribution in [0.2, 0.25) is 0 Å². The number of hydrogen-bond donors (Lipinski definition) is 0. The van der Waals surface area contributed by atoms with Gasteiger partial charge >= 0.3 is 0 Å². The first-order valence-electron chi connectivity index (χ1n) is 9.80. The number of aryl methyl sites for hydroxylation is 1. The third-order valence-electron chi connectivity index (χ3n) is 4.82. The van der Waals surface area contributed by atoms with Gasteiger partial charge in [-0.15, -0.1) is 0 Å². The smallest absolute Gasteiger partial charge is 0.248 e. The molecule has 0 unspecified atom stereocenters. The van der Waals surface area contributed by atoms with Crippen molar-refractivity contribution >= 4 is 37.3 Å². The molecular weight excluding hydrogens is 404 g/mol. The number of aromatic nitrogens is 1. The zero-order valence-corrected chi connectivity index (χ0v) is 18.6. The molecule has 0 atom stereocenters. The molecule has 1 aromatic heterocycles. The highest BCUT2D eigenvalue weighted by Crippen LogP contribution is 2.23. The number of carbonyl (C=O) groups is 1. The second-order valence-electron chi connectivity index (χ2n) is 7.25. The van der Waals surface area contributed by atoms with Crippen LogP contribution in [0.3, 0.4) is 0 Å². The first-order chi connectivity index (χ1) is 13.8. The third kappa shape index (κ3) is 5.03. The van der Waals surface area contributed by atoms with Crippen LogP contribution in [0, 0.1) is 0 Å². The number of sulfone groups is 1. The first kappa shape index (κ1) is 21.5. The molecular formula is C22H26N2O3S2. The summed E-state index contributed by atoms with van der Waals surface area (Å²) in [6.45, 7) is 7.05. The SMILES string of the molecule is CCn1c(=NC(=O)CCCS(=O)(=O)c2ccccc2)sc2cc(C(C)C)ccc21. The summed E-state index contributed by atoms with van der Waals surface area (Å²) in [5.74, 6) is 0.0900. The lowest BCUT2D eigenvalue weighted by atomic mass is 10.0. The first-order valence-corrected chi connectivity index (χ1v) is 12.3. The summed E-state index contributed by atoms with van der Waals surface area (Å²) in [6.07, 6.45) is 0.370. The van der Waals surface area contributed by atoms with Crippen molar-refractivity contribution in [3.05, 3.63) is 58.9 Å². The van der Waals surface area contributed by atoms with Crippen molar-refractivity contribution in [3.63, 3.8) is 0 Å². The van der Waals surface area contributed by atoms with E-state index in [1.807, 2.05) is 11.5 Å². The van der Waals surface area contributed by atoms with Crippen LogP contribution in [0.4, 0.5) is 0 Å². The summed E-state index contributed by atoms with van der Waals surface area (Å²) in [4.78, 5) is 17.6. The predicted molar refractivity (Wildman–Crippen MR) is 118 cm³/mol. The number of nitrogens with zero attached hydrogens (tertiary/aromatic N) is 2. The topological polar surface area (TPSA) is 68.5 Å². The molecule has 0 spiro atoms. The minimum Gasteiger partial charge on any atom is -0.317 e. The van der Waals surface area contributed by atoms with Gasteiger partial charge in [0.1, 0.15) is 0 Å². The molecule has 0 bridgehead atoms. The van der Waals surface area contributed by atoms with Crippen molar-refractivity contribution in [1.82, 2.24) is 4.57 Å². The molecule has 3 rings (SSSR count). The van der Waals surface area contributed by atoms with E-state index in [2.05, 4.69) is 37.0 Å². The molecule has 0 aliphatic carbocycles. The van der Waals surface area contributed by atoms with Gasteiger partial charge in [-0.1, -0.05) is 49.4 Å². The molecule has 7 heteroatoms. The van der Waals surface area contributed by atoms with Gasteiger partial charge in [-0.3, -0.25) is 4.79 Å². The zero-order valence-electron chi connectivity index (χ0n) is 17.0.